The van der Waals surface area contributed by atoms with Gasteiger partial charge in [0.1, 0.15) is 0 Å². The van der Waals surface area contributed by atoms with Crippen molar-refractivity contribution in [2.24, 2.45) is 41.4 Å². The van der Waals surface area contributed by atoms with Gasteiger partial charge >= 0.3 is 11.9 Å². The first-order chi connectivity index (χ1) is 27.0. The third-order valence-corrected chi connectivity index (χ3v) is 12.7. The second-order valence-corrected chi connectivity index (χ2v) is 19.5. The first-order valence-corrected chi connectivity index (χ1v) is 24.6. The summed E-state index contributed by atoms with van der Waals surface area (Å²) in [5.41, 5.74) is 0. The molecule has 1 aliphatic heterocycles. The second-order valence-electron chi connectivity index (χ2n) is 19.5. The Kier molecular flexibility index (Phi) is 33.8. The lowest BCUT2D eigenvalue weighted by molar-refractivity contribution is -0.146. The highest BCUT2D eigenvalue weighted by atomic mass is 16.5. The maximum absolute atomic E-state index is 12.3. The van der Waals surface area contributed by atoms with Gasteiger partial charge in [-0.3, -0.25) is 14.5 Å². The zero-order valence-corrected chi connectivity index (χ0v) is 38.9. The molecule has 0 aromatic heterocycles. The van der Waals surface area contributed by atoms with Crippen LogP contribution in [0.3, 0.4) is 0 Å². The number of unbranched alkanes of at least 4 members (excludes halogenated alkanes) is 14. The first-order valence-electron chi connectivity index (χ1n) is 24.6. The Morgan fingerprint density at radius 3 is 1.20 bits per heavy atom. The number of morpholine rings is 1. The summed E-state index contributed by atoms with van der Waals surface area (Å²) in [6.45, 7) is 24.5. The van der Waals surface area contributed by atoms with Crippen molar-refractivity contribution >= 4 is 11.9 Å². The second kappa shape index (κ2) is 35.8. The van der Waals surface area contributed by atoms with Gasteiger partial charge in [0.15, 0.2) is 0 Å². The van der Waals surface area contributed by atoms with E-state index in [1.54, 1.807) is 0 Å². The van der Waals surface area contributed by atoms with Crippen LogP contribution < -0.4 is 0 Å². The van der Waals surface area contributed by atoms with Crippen molar-refractivity contribution in [2.75, 3.05) is 46.1 Å². The zero-order valence-electron chi connectivity index (χ0n) is 38.9. The molecule has 0 saturated carbocycles. The van der Waals surface area contributed by atoms with Gasteiger partial charge in [0.05, 0.1) is 26.4 Å². The summed E-state index contributed by atoms with van der Waals surface area (Å²) in [5, 5.41) is 0. The molecule has 6 nitrogen and oxygen atoms in total. The maximum Gasteiger partial charge on any atom is 0.305 e. The minimum atomic E-state index is 0.00394. The molecule has 0 amide bonds. The molecule has 0 bridgehead atoms. The van der Waals surface area contributed by atoms with Gasteiger partial charge in [0, 0.05) is 25.9 Å². The summed E-state index contributed by atoms with van der Waals surface area (Å²) in [5.74, 6) is 4.40. The average molecular weight is 792 g/mol. The number of hydrogen-bond donors (Lipinski definition) is 0. The van der Waals surface area contributed by atoms with E-state index in [0.29, 0.717) is 61.6 Å². The standard InChI is InChI=1S/C50H97NO5/c1-42(2)31-33-47(44(5)6)40-55-49(52)29-23-17-13-9-11-15-20-26-46(28-22-19-25-35-51-36-38-54-39-37-51)27-21-16-12-10-14-18-24-30-50(53)56-41-48(45(7)8)34-32-43(3)4/h42-48H,9-41H2,1-8H3. The number of hydrogen-bond acceptors (Lipinski definition) is 6. The van der Waals surface area contributed by atoms with Crippen molar-refractivity contribution < 1.29 is 23.8 Å². The lowest BCUT2D eigenvalue weighted by atomic mass is 9.89. The summed E-state index contributed by atoms with van der Waals surface area (Å²) in [6.07, 6.45) is 31.6. The van der Waals surface area contributed by atoms with Gasteiger partial charge in [-0.1, -0.05) is 177 Å². The molecule has 1 aliphatic rings. The molecule has 0 spiro atoms. The number of carbonyl (C=O) groups excluding carboxylic acids is 2. The molecule has 2 atom stereocenters. The first kappa shape index (κ1) is 52.9. The summed E-state index contributed by atoms with van der Waals surface area (Å²) >= 11 is 0. The molecule has 0 N–H and O–H groups in total. The Labute approximate surface area is 349 Å². The minimum absolute atomic E-state index is 0.00394. The van der Waals surface area contributed by atoms with Crippen LogP contribution in [0.4, 0.5) is 0 Å². The fraction of sp³-hybridized carbons (Fsp3) is 0.960. The van der Waals surface area contributed by atoms with Crippen LogP contribution in [0, 0.1) is 41.4 Å². The normalized spacial score (nSPS) is 15.6. The van der Waals surface area contributed by atoms with Gasteiger partial charge in [-0.25, -0.2) is 0 Å². The smallest absolute Gasteiger partial charge is 0.305 e. The van der Waals surface area contributed by atoms with Crippen LogP contribution in [0.15, 0.2) is 0 Å². The van der Waals surface area contributed by atoms with Crippen LogP contribution in [-0.4, -0.2) is 62.9 Å². The molecule has 56 heavy (non-hydrogen) atoms. The van der Waals surface area contributed by atoms with Crippen molar-refractivity contribution in [1.82, 2.24) is 4.90 Å². The van der Waals surface area contributed by atoms with Crippen molar-refractivity contribution in [3.05, 3.63) is 0 Å². The number of rotatable bonds is 38. The summed E-state index contributed by atoms with van der Waals surface area (Å²) in [7, 11) is 0. The monoisotopic (exact) mass is 792 g/mol. The average Bonchev–Trinajstić information content (AvgIpc) is 3.15. The van der Waals surface area contributed by atoms with Crippen LogP contribution in [0.2, 0.25) is 0 Å². The predicted molar refractivity (Wildman–Crippen MR) is 239 cm³/mol. The van der Waals surface area contributed by atoms with Crippen LogP contribution in [0.1, 0.15) is 222 Å². The van der Waals surface area contributed by atoms with Crippen LogP contribution in [0.25, 0.3) is 0 Å². The number of ether oxygens (including phenoxy) is 3. The molecule has 0 aromatic rings. The number of carbonyl (C=O) groups is 2. The van der Waals surface area contributed by atoms with Crippen LogP contribution in [0.5, 0.6) is 0 Å². The van der Waals surface area contributed by atoms with E-state index in [1.165, 1.54) is 122 Å². The molecule has 1 heterocycles. The van der Waals surface area contributed by atoms with Crippen molar-refractivity contribution in [3.8, 4) is 0 Å². The van der Waals surface area contributed by atoms with E-state index in [2.05, 4.69) is 60.3 Å². The van der Waals surface area contributed by atoms with Crippen molar-refractivity contribution in [3.63, 3.8) is 0 Å². The van der Waals surface area contributed by atoms with Gasteiger partial charge in [0.25, 0.3) is 0 Å². The predicted octanol–water partition coefficient (Wildman–Crippen LogP) is 14.0. The Balaban J connectivity index is 2.21. The Bertz CT molecular complexity index is 840. The Hall–Kier alpha value is -1.14. The SMILES string of the molecule is CC(C)CCC(COC(=O)CCCCCCCCCC(CCCCCCCCCC(=O)OCC(CCC(C)C)C(C)C)CCCCCN1CCOCC1)C(C)C. The molecular weight excluding hydrogens is 695 g/mol. The van der Waals surface area contributed by atoms with Crippen LogP contribution >= 0.6 is 0 Å². The quantitative estimate of drug-likeness (QED) is 0.0458. The highest BCUT2D eigenvalue weighted by Gasteiger charge is 2.18. The van der Waals surface area contributed by atoms with Crippen molar-refractivity contribution in [1.29, 1.82) is 0 Å². The van der Waals surface area contributed by atoms with Gasteiger partial charge in [-0.2, -0.15) is 0 Å². The third-order valence-electron chi connectivity index (χ3n) is 12.7. The molecule has 1 rings (SSSR count). The largest absolute Gasteiger partial charge is 0.465 e. The Morgan fingerprint density at radius 1 is 0.464 bits per heavy atom. The summed E-state index contributed by atoms with van der Waals surface area (Å²) in [4.78, 5) is 27.3. The molecule has 332 valence electrons. The number of nitrogens with zero attached hydrogens (tertiary/aromatic N) is 1. The van der Waals surface area contributed by atoms with Gasteiger partial charge < -0.3 is 14.2 Å². The molecule has 6 heteroatoms. The van der Waals surface area contributed by atoms with Crippen molar-refractivity contribution in [2.45, 2.75) is 222 Å². The van der Waals surface area contributed by atoms with E-state index in [0.717, 1.165) is 70.7 Å². The fourth-order valence-corrected chi connectivity index (χ4v) is 8.23. The lowest BCUT2D eigenvalue weighted by Crippen LogP contribution is -2.36. The molecule has 0 radical (unpaired) electrons. The molecule has 1 saturated heterocycles. The zero-order chi connectivity index (χ0) is 41.2. The lowest BCUT2D eigenvalue weighted by Gasteiger charge is -2.26. The molecule has 1 fully saturated rings. The van der Waals surface area contributed by atoms with E-state index in [1.807, 2.05) is 0 Å². The fourth-order valence-electron chi connectivity index (χ4n) is 8.23. The van der Waals surface area contributed by atoms with Gasteiger partial charge in [0.2, 0.25) is 0 Å². The van der Waals surface area contributed by atoms with Gasteiger partial charge in [-0.15, -0.1) is 0 Å². The maximum atomic E-state index is 12.3. The molecule has 0 aromatic carbocycles. The number of esters is 2. The summed E-state index contributed by atoms with van der Waals surface area (Å²) < 4.78 is 16.9. The van der Waals surface area contributed by atoms with E-state index < -0.39 is 0 Å². The summed E-state index contributed by atoms with van der Waals surface area (Å²) in [6, 6.07) is 0. The Morgan fingerprint density at radius 2 is 0.821 bits per heavy atom. The molecule has 2 unspecified atom stereocenters. The van der Waals surface area contributed by atoms with E-state index in [9.17, 15) is 9.59 Å². The van der Waals surface area contributed by atoms with E-state index >= 15 is 0 Å². The highest BCUT2D eigenvalue weighted by molar-refractivity contribution is 5.69. The third kappa shape index (κ3) is 31.8. The topological polar surface area (TPSA) is 65.1 Å². The molecule has 0 aliphatic carbocycles. The highest BCUT2D eigenvalue weighted by Crippen LogP contribution is 2.26. The van der Waals surface area contributed by atoms with Gasteiger partial charge in [-0.05, 0) is 80.1 Å². The minimum Gasteiger partial charge on any atom is -0.465 e. The van der Waals surface area contributed by atoms with Crippen LogP contribution in [-0.2, 0) is 23.8 Å². The van der Waals surface area contributed by atoms with E-state index in [4.69, 9.17) is 14.2 Å². The van der Waals surface area contributed by atoms with E-state index in [-0.39, 0.29) is 11.9 Å². The molecular formula is C50H97NO5.